The van der Waals surface area contributed by atoms with Crippen LogP contribution in [0.25, 0.3) is 5.76 Å². The molecule has 3 aromatic rings. The van der Waals surface area contributed by atoms with Crippen LogP contribution in [0.5, 0.6) is 11.5 Å². The molecule has 0 aliphatic carbocycles. The maximum Gasteiger partial charge on any atom is 0.301 e. The van der Waals surface area contributed by atoms with E-state index >= 15 is 0 Å². The molecule has 1 atom stereocenters. The standard InChI is InChI=1S/C24H22N2O6/c1-4-31-17-11-10-16(13-18(17)30-3)21-20(22(27)15-8-6-5-7-9-15)23(28)24(29)26(21)19-12-14(2)32-25-19/h5-13,21,27H,4H2,1-3H3/t21-/m0/s1. The fourth-order valence-corrected chi connectivity index (χ4v) is 3.73. The van der Waals surface area contributed by atoms with Gasteiger partial charge in [-0.1, -0.05) is 41.6 Å². The van der Waals surface area contributed by atoms with Crippen LogP contribution in [0.1, 0.15) is 29.9 Å². The van der Waals surface area contributed by atoms with Crippen molar-refractivity contribution >= 4 is 23.3 Å². The predicted molar refractivity (Wildman–Crippen MR) is 117 cm³/mol. The summed E-state index contributed by atoms with van der Waals surface area (Å²) in [6.07, 6.45) is 0. The van der Waals surface area contributed by atoms with E-state index in [1.807, 2.05) is 6.92 Å². The number of aliphatic hydroxyl groups is 1. The van der Waals surface area contributed by atoms with E-state index in [2.05, 4.69) is 5.16 Å². The third kappa shape index (κ3) is 3.60. The number of carbonyl (C=O) groups excluding carboxylic acids is 2. The van der Waals surface area contributed by atoms with Gasteiger partial charge >= 0.3 is 5.91 Å². The molecule has 1 N–H and O–H groups in total. The minimum atomic E-state index is -0.940. The van der Waals surface area contributed by atoms with Crippen LogP contribution in [-0.4, -0.2) is 35.7 Å². The third-order valence-electron chi connectivity index (χ3n) is 5.16. The molecular weight excluding hydrogens is 412 g/mol. The largest absolute Gasteiger partial charge is 0.507 e. The Bertz CT molecular complexity index is 1200. The number of ketones is 1. The Balaban J connectivity index is 1.94. The van der Waals surface area contributed by atoms with Crippen LogP contribution in [0.15, 0.2) is 64.7 Å². The molecule has 2 aromatic carbocycles. The van der Waals surface area contributed by atoms with E-state index in [0.29, 0.717) is 35.0 Å². The van der Waals surface area contributed by atoms with Gasteiger partial charge in [0.1, 0.15) is 11.5 Å². The Hall–Kier alpha value is -4.07. The van der Waals surface area contributed by atoms with Crippen LogP contribution in [0.3, 0.4) is 0 Å². The van der Waals surface area contributed by atoms with E-state index < -0.39 is 17.7 Å². The Morgan fingerprint density at radius 2 is 1.88 bits per heavy atom. The molecule has 1 aromatic heterocycles. The van der Waals surface area contributed by atoms with E-state index in [9.17, 15) is 14.7 Å². The second-order valence-corrected chi connectivity index (χ2v) is 7.17. The Kier molecular flexibility index (Phi) is 5.68. The van der Waals surface area contributed by atoms with Gasteiger partial charge in [0, 0.05) is 11.6 Å². The molecule has 0 radical (unpaired) electrons. The summed E-state index contributed by atoms with van der Waals surface area (Å²) in [4.78, 5) is 27.4. The SMILES string of the molecule is CCOc1ccc([C@H]2C(=C(O)c3ccccc3)C(=O)C(=O)N2c2cc(C)on2)cc1OC. The van der Waals surface area contributed by atoms with Crippen LogP contribution in [0.2, 0.25) is 0 Å². The fourth-order valence-electron chi connectivity index (χ4n) is 3.73. The van der Waals surface area contributed by atoms with Gasteiger partial charge in [-0.15, -0.1) is 0 Å². The van der Waals surface area contributed by atoms with Crippen LogP contribution in [-0.2, 0) is 9.59 Å². The molecule has 32 heavy (non-hydrogen) atoms. The number of aromatic nitrogens is 1. The number of benzene rings is 2. The summed E-state index contributed by atoms with van der Waals surface area (Å²) in [5.41, 5.74) is 0.917. The average molecular weight is 434 g/mol. The van der Waals surface area contributed by atoms with Gasteiger partial charge in [-0.2, -0.15) is 0 Å². The molecule has 0 bridgehead atoms. The first-order valence-corrected chi connectivity index (χ1v) is 10.1. The van der Waals surface area contributed by atoms with Crippen LogP contribution >= 0.6 is 0 Å². The van der Waals surface area contributed by atoms with Crippen molar-refractivity contribution in [3.05, 3.63) is 77.1 Å². The molecule has 8 nitrogen and oxygen atoms in total. The summed E-state index contributed by atoms with van der Waals surface area (Å²) < 4.78 is 16.2. The lowest BCUT2D eigenvalue weighted by atomic mass is 9.95. The van der Waals surface area contributed by atoms with Crippen molar-refractivity contribution in [3.63, 3.8) is 0 Å². The van der Waals surface area contributed by atoms with Crippen molar-refractivity contribution in [3.8, 4) is 11.5 Å². The summed E-state index contributed by atoms with van der Waals surface area (Å²) in [5, 5.41) is 15.0. The maximum absolute atomic E-state index is 13.1. The van der Waals surface area contributed by atoms with Gasteiger partial charge in [0.25, 0.3) is 5.78 Å². The molecule has 1 aliphatic heterocycles. The van der Waals surface area contributed by atoms with Gasteiger partial charge < -0.3 is 19.1 Å². The molecule has 1 aliphatic rings. The summed E-state index contributed by atoms with van der Waals surface area (Å²) in [7, 11) is 1.50. The number of anilines is 1. The smallest absolute Gasteiger partial charge is 0.301 e. The molecule has 0 spiro atoms. The van der Waals surface area contributed by atoms with E-state index in [1.165, 1.54) is 12.0 Å². The Labute approximate surface area is 184 Å². The molecule has 1 saturated heterocycles. The number of aryl methyl sites for hydroxylation is 1. The normalized spacial score (nSPS) is 17.6. The second kappa shape index (κ2) is 8.58. The summed E-state index contributed by atoms with van der Waals surface area (Å²) in [5.74, 6) is -0.285. The van der Waals surface area contributed by atoms with E-state index in [1.54, 1.807) is 61.5 Å². The van der Waals surface area contributed by atoms with Crippen molar-refractivity contribution < 1.29 is 28.7 Å². The number of Topliss-reactive ketones (excluding diaryl/α,β-unsaturated/α-hetero) is 1. The second-order valence-electron chi connectivity index (χ2n) is 7.17. The molecule has 8 heteroatoms. The van der Waals surface area contributed by atoms with Crippen molar-refractivity contribution in [2.75, 3.05) is 18.6 Å². The third-order valence-corrected chi connectivity index (χ3v) is 5.16. The molecule has 1 amide bonds. The molecule has 1 fully saturated rings. The number of hydrogen-bond acceptors (Lipinski definition) is 7. The van der Waals surface area contributed by atoms with Crippen molar-refractivity contribution in [2.45, 2.75) is 19.9 Å². The number of aliphatic hydroxyl groups excluding tert-OH is 1. The lowest BCUT2D eigenvalue weighted by Crippen LogP contribution is -2.29. The number of ether oxygens (including phenoxy) is 2. The van der Waals surface area contributed by atoms with Crippen molar-refractivity contribution in [1.29, 1.82) is 0 Å². The number of nitrogens with zero attached hydrogens (tertiary/aromatic N) is 2. The summed E-state index contributed by atoms with van der Waals surface area (Å²) >= 11 is 0. The highest BCUT2D eigenvalue weighted by Gasteiger charge is 2.48. The van der Waals surface area contributed by atoms with E-state index in [0.717, 1.165) is 0 Å². The van der Waals surface area contributed by atoms with E-state index in [4.69, 9.17) is 14.0 Å². The first-order valence-electron chi connectivity index (χ1n) is 10.1. The highest BCUT2D eigenvalue weighted by atomic mass is 16.5. The van der Waals surface area contributed by atoms with Gasteiger partial charge in [0.2, 0.25) is 0 Å². The van der Waals surface area contributed by atoms with Crippen LogP contribution in [0, 0.1) is 6.92 Å². The monoisotopic (exact) mass is 434 g/mol. The van der Waals surface area contributed by atoms with Crippen molar-refractivity contribution in [2.24, 2.45) is 0 Å². The summed E-state index contributed by atoms with van der Waals surface area (Å²) in [6.45, 7) is 3.99. The number of carbonyl (C=O) groups is 2. The topological polar surface area (TPSA) is 102 Å². The lowest BCUT2D eigenvalue weighted by molar-refractivity contribution is -0.132. The van der Waals surface area contributed by atoms with Gasteiger partial charge in [0.15, 0.2) is 17.3 Å². The minimum absolute atomic E-state index is 0.0481. The van der Waals surface area contributed by atoms with Gasteiger partial charge in [-0.3, -0.25) is 14.5 Å². The first-order chi connectivity index (χ1) is 15.5. The number of methoxy groups -OCH3 is 1. The fraction of sp³-hybridized carbons (Fsp3) is 0.208. The Morgan fingerprint density at radius 1 is 1.12 bits per heavy atom. The number of hydrogen-bond donors (Lipinski definition) is 1. The first kappa shape index (κ1) is 21.2. The molecule has 0 saturated carbocycles. The zero-order chi connectivity index (χ0) is 22.8. The van der Waals surface area contributed by atoms with Crippen LogP contribution < -0.4 is 14.4 Å². The van der Waals surface area contributed by atoms with Gasteiger partial charge in [-0.25, -0.2) is 0 Å². The van der Waals surface area contributed by atoms with Gasteiger partial charge in [-0.05, 0) is 31.5 Å². The number of rotatable bonds is 6. The highest BCUT2D eigenvalue weighted by molar-refractivity contribution is 6.51. The van der Waals surface area contributed by atoms with Gasteiger partial charge in [0.05, 0.1) is 25.3 Å². The number of amides is 1. The maximum atomic E-state index is 13.1. The summed E-state index contributed by atoms with van der Waals surface area (Å²) in [6, 6.07) is 14.3. The molecule has 0 unspecified atom stereocenters. The average Bonchev–Trinajstić information content (AvgIpc) is 3.35. The molecule has 164 valence electrons. The minimum Gasteiger partial charge on any atom is -0.507 e. The molecule has 4 rings (SSSR count). The molecular formula is C24H22N2O6. The van der Waals surface area contributed by atoms with E-state index in [-0.39, 0.29) is 17.2 Å². The zero-order valence-corrected chi connectivity index (χ0v) is 17.9. The zero-order valence-electron chi connectivity index (χ0n) is 17.9. The quantitative estimate of drug-likeness (QED) is 0.355. The molecule has 2 heterocycles. The van der Waals surface area contributed by atoms with Crippen molar-refractivity contribution in [1.82, 2.24) is 5.16 Å². The predicted octanol–water partition coefficient (Wildman–Crippen LogP) is 4.02. The Morgan fingerprint density at radius 3 is 2.50 bits per heavy atom. The lowest BCUT2D eigenvalue weighted by Gasteiger charge is -2.23. The van der Waals surface area contributed by atoms with Crippen LogP contribution in [0.4, 0.5) is 5.82 Å². The highest BCUT2D eigenvalue weighted by Crippen LogP contribution is 2.43.